The number of halogens is 4. The fourth-order valence-electron chi connectivity index (χ4n) is 4.53. The summed E-state index contributed by atoms with van der Waals surface area (Å²) in [6, 6.07) is 20.8. The molecule has 0 saturated heterocycles. The molecule has 8 nitrogen and oxygen atoms in total. The second-order valence-corrected chi connectivity index (χ2v) is 11.8. The number of amides is 1. The lowest BCUT2D eigenvalue weighted by atomic mass is 10.0. The number of nitrogens with one attached hydrogen (secondary N) is 2. The zero-order valence-electron chi connectivity index (χ0n) is 23.2. The van der Waals surface area contributed by atoms with Crippen LogP contribution in [-0.4, -0.2) is 36.8 Å². The molecule has 5 aromatic rings. The van der Waals surface area contributed by atoms with Crippen LogP contribution >= 0.6 is 55.1 Å². The molecular formula is C32H23Br2Cl2N3O5. The molecule has 0 aliphatic carbocycles. The van der Waals surface area contributed by atoms with E-state index in [1.54, 1.807) is 30.3 Å². The largest absolute Gasteiger partial charge is 0.496 e. The van der Waals surface area contributed by atoms with Gasteiger partial charge in [-0.05, 0) is 77.5 Å². The van der Waals surface area contributed by atoms with Crippen LogP contribution in [0, 0.1) is 0 Å². The second kappa shape index (κ2) is 13.9. The molecule has 0 aliphatic rings. The number of esters is 1. The highest BCUT2D eigenvalue weighted by Crippen LogP contribution is 2.38. The zero-order valence-corrected chi connectivity index (χ0v) is 27.9. The molecule has 0 atom stereocenters. The molecule has 0 radical (unpaired) electrons. The number of fused-ring (bicyclic) bond motifs is 1. The number of benzene rings is 4. The quantitative estimate of drug-likeness (QED) is 0.0676. The Labute approximate surface area is 279 Å². The summed E-state index contributed by atoms with van der Waals surface area (Å²) in [5, 5.41) is 5.77. The van der Waals surface area contributed by atoms with E-state index in [1.807, 2.05) is 43.3 Å². The van der Waals surface area contributed by atoms with Gasteiger partial charge in [0.05, 0.1) is 24.4 Å². The van der Waals surface area contributed by atoms with Gasteiger partial charge >= 0.3 is 5.97 Å². The van der Waals surface area contributed by atoms with Crippen LogP contribution in [0.25, 0.3) is 22.0 Å². The van der Waals surface area contributed by atoms with E-state index in [0.717, 1.165) is 10.9 Å². The fraction of sp³-hybridized carbons (Fsp3) is 0.0938. The van der Waals surface area contributed by atoms with Crippen molar-refractivity contribution in [3.05, 3.63) is 109 Å². The molecule has 0 aliphatic heterocycles. The van der Waals surface area contributed by atoms with Gasteiger partial charge in [-0.1, -0.05) is 57.3 Å². The highest BCUT2D eigenvalue weighted by atomic mass is 79.9. The molecule has 12 heteroatoms. The van der Waals surface area contributed by atoms with Crippen molar-refractivity contribution in [2.75, 3.05) is 13.7 Å². The van der Waals surface area contributed by atoms with Gasteiger partial charge in [-0.3, -0.25) is 4.79 Å². The van der Waals surface area contributed by atoms with E-state index in [1.165, 1.54) is 19.4 Å². The number of carbonyl (C=O) groups excluding carboxylic acids is 2. The monoisotopic (exact) mass is 757 g/mol. The third kappa shape index (κ3) is 6.78. The molecule has 1 amide bonds. The average molecular weight is 760 g/mol. The van der Waals surface area contributed by atoms with Gasteiger partial charge in [0.1, 0.15) is 22.8 Å². The van der Waals surface area contributed by atoms with Gasteiger partial charge in [0.25, 0.3) is 5.91 Å². The van der Waals surface area contributed by atoms with Gasteiger partial charge in [0.15, 0.2) is 5.75 Å². The van der Waals surface area contributed by atoms with Crippen molar-refractivity contribution >= 4 is 84.1 Å². The smallest absolute Gasteiger partial charge is 0.347 e. The molecule has 0 spiro atoms. The van der Waals surface area contributed by atoms with Crippen LogP contribution in [0.4, 0.5) is 0 Å². The topological polar surface area (TPSA) is 102 Å². The van der Waals surface area contributed by atoms with E-state index in [4.69, 9.17) is 37.4 Å². The van der Waals surface area contributed by atoms with E-state index >= 15 is 0 Å². The van der Waals surface area contributed by atoms with Gasteiger partial charge in [0, 0.05) is 42.1 Å². The molecule has 224 valence electrons. The summed E-state index contributed by atoms with van der Waals surface area (Å²) in [5.41, 5.74) is 5.37. The number of methoxy groups -OCH3 is 1. The van der Waals surface area contributed by atoms with Gasteiger partial charge < -0.3 is 19.2 Å². The first-order valence-electron chi connectivity index (χ1n) is 13.1. The molecule has 4 aromatic carbocycles. The maximum atomic E-state index is 13.5. The van der Waals surface area contributed by atoms with Crippen molar-refractivity contribution in [1.82, 2.24) is 10.4 Å². The number of hydrogen-bond acceptors (Lipinski definition) is 6. The molecule has 0 bridgehead atoms. The maximum Gasteiger partial charge on any atom is 0.347 e. The Hall–Kier alpha value is -3.83. The minimum atomic E-state index is -0.695. The first-order chi connectivity index (χ1) is 21.2. The standard InChI is InChI=1S/C32H23Br2Cl2N3O5/c1-3-43-20-9-10-26-22(15-20)28(21-6-4-5-7-25(21)36)29(38-26)31(40)39-37-16-17-12-18(33)13-24(34)30(17)44-32(41)23-14-19(35)8-11-27(23)42-2/h4-16,38H,3H2,1-2H3,(H,39,40). The van der Waals surface area contributed by atoms with Crippen LogP contribution in [-0.2, 0) is 0 Å². The molecule has 0 unspecified atom stereocenters. The van der Waals surface area contributed by atoms with Crippen LogP contribution in [0.5, 0.6) is 17.2 Å². The van der Waals surface area contributed by atoms with Crippen molar-refractivity contribution in [2.24, 2.45) is 5.10 Å². The number of H-pyrrole nitrogens is 1. The minimum absolute atomic E-state index is 0.143. The van der Waals surface area contributed by atoms with Crippen LogP contribution in [0.2, 0.25) is 10.0 Å². The molecule has 1 heterocycles. The summed E-state index contributed by atoms with van der Waals surface area (Å²) in [4.78, 5) is 29.9. The summed E-state index contributed by atoms with van der Waals surface area (Å²) in [7, 11) is 1.44. The summed E-state index contributed by atoms with van der Waals surface area (Å²) < 4.78 is 17.9. The molecule has 0 saturated carbocycles. The SMILES string of the molecule is CCOc1ccc2[nH]c(C(=O)NN=Cc3cc(Br)cc(Br)c3OC(=O)c3cc(Cl)ccc3OC)c(-c3ccccc3Cl)c2c1. The number of rotatable bonds is 9. The number of hydrazone groups is 1. The van der Waals surface area contributed by atoms with Crippen molar-refractivity contribution in [3.63, 3.8) is 0 Å². The van der Waals surface area contributed by atoms with E-state index in [9.17, 15) is 9.59 Å². The van der Waals surface area contributed by atoms with E-state index < -0.39 is 11.9 Å². The molecule has 0 fully saturated rings. The van der Waals surface area contributed by atoms with Gasteiger partial charge in [-0.15, -0.1) is 0 Å². The Morgan fingerprint density at radius 3 is 2.57 bits per heavy atom. The van der Waals surface area contributed by atoms with Crippen LogP contribution < -0.4 is 19.6 Å². The van der Waals surface area contributed by atoms with Crippen LogP contribution in [0.1, 0.15) is 33.3 Å². The van der Waals surface area contributed by atoms with E-state index in [0.29, 0.717) is 53.8 Å². The van der Waals surface area contributed by atoms with Gasteiger partial charge in [-0.2, -0.15) is 5.10 Å². The molecule has 1 aromatic heterocycles. The number of nitrogens with zero attached hydrogens (tertiary/aromatic N) is 1. The normalized spacial score (nSPS) is 11.1. The number of aromatic nitrogens is 1. The predicted molar refractivity (Wildman–Crippen MR) is 180 cm³/mol. The van der Waals surface area contributed by atoms with Crippen molar-refractivity contribution in [2.45, 2.75) is 6.92 Å². The second-order valence-electron chi connectivity index (χ2n) is 9.23. The lowest BCUT2D eigenvalue weighted by Gasteiger charge is -2.12. The Kier molecular flexibility index (Phi) is 9.95. The molecule has 44 heavy (non-hydrogen) atoms. The summed E-state index contributed by atoms with van der Waals surface area (Å²) in [6.07, 6.45) is 1.37. The summed E-state index contributed by atoms with van der Waals surface area (Å²) in [6.45, 7) is 2.40. The highest BCUT2D eigenvalue weighted by molar-refractivity contribution is 9.11. The number of hydrogen-bond donors (Lipinski definition) is 2. The first kappa shape index (κ1) is 31.6. The maximum absolute atomic E-state index is 13.5. The zero-order chi connectivity index (χ0) is 31.4. The molecular weight excluding hydrogens is 737 g/mol. The predicted octanol–water partition coefficient (Wildman–Crippen LogP) is 9.06. The Morgan fingerprint density at radius 1 is 1.02 bits per heavy atom. The Balaban J connectivity index is 1.47. The van der Waals surface area contributed by atoms with Gasteiger partial charge in [0.2, 0.25) is 0 Å². The Morgan fingerprint density at radius 2 is 1.82 bits per heavy atom. The average Bonchev–Trinajstić information content (AvgIpc) is 3.38. The third-order valence-electron chi connectivity index (χ3n) is 6.43. The van der Waals surface area contributed by atoms with Crippen LogP contribution in [0.15, 0.2) is 86.8 Å². The minimum Gasteiger partial charge on any atom is -0.496 e. The van der Waals surface area contributed by atoms with Crippen molar-refractivity contribution < 1.29 is 23.8 Å². The Bertz CT molecular complexity index is 1930. The van der Waals surface area contributed by atoms with E-state index in [-0.39, 0.29) is 17.0 Å². The number of carbonyl (C=O) groups is 2. The van der Waals surface area contributed by atoms with Gasteiger partial charge in [-0.25, -0.2) is 10.2 Å². The lowest BCUT2D eigenvalue weighted by Crippen LogP contribution is -2.19. The van der Waals surface area contributed by atoms with Crippen molar-refractivity contribution in [3.8, 4) is 28.4 Å². The van der Waals surface area contributed by atoms with E-state index in [2.05, 4.69) is 47.4 Å². The third-order valence-corrected chi connectivity index (χ3v) is 8.05. The summed E-state index contributed by atoms with van der Waals surface area (Å²) in [5.74, 6) is -0.0725. The molecule has 2 N–H and O–H groups in total. The fourth-order valence-corrected chi connectivity index (χ4v) is 6.27. The highest BCUT2D eigenvalue weighted by Gasteiger charge is 2.22. The number of ether oxygens (including phenoxy) is 3. The van der Waals surface area contributed by atoms with Crippen LogP contribution in [0.3, 0.4) is 0 Å². The summed E-state index contributed by atoms with van der Waals surface area (Å²) >= 11 is 19.6. The molecule has 5 rings (SSSR count). The van der Waals surface area contributed by atoms with Crippen molar-refractivity contribution in [1.29, 1.82) is 0 Å². The number of aromatic amines is 1. The lowest BCUT2D eigenvalue weighted by molar-refractivity contribution is 0.0729. The first-order valence-corrected chi connectivity index (χ1v) is 15.5.